The molecule has 2 aliphatic rings. The SMILES string of the molecule is O=C(N1CCCC(O)C1)C1(c2ccc(Cl)cc2)CCC1. The van der Waals surface area contributed by atoms with Crippen LogP contribution in [0.15, 0.2) is 24.3 Å². The topological polar surface area (TPSA) is 40.5 Å². The molecule has 1 heterocycles. The number of aliphatic hydroxyl groups excluding tert-OH is 1. The number of piperidine rings is 1. The highest BCUT2D eigenvalue weighted by molar-refractivity contribution is 6.30. The second-order valence-electron chi connectivity index (χ2n) is 5.99. The maximum Gasteiger partial charge on any atom is 0.233 e. The Bertz CT molecular complexity index is 496. The molecule has 4 heteroatoms. The molecule has 0 radical (unpaired) electrons. The highest BCUT2D eigenvalue weighted by Crippen LogP contribution is 2.45. The van der Waals surface area contributed by atoms with Crippen LogP contribution in [0.25, 0.3) is 0 Å². The van der Waals surface area contributed by atoms with Crippen molar-refractivity contribution in [3.8, 4) is 0 Å². The number of amides is 1. The van der Waals surface area contributed by atoms with Crippen molar-refractivity contribution in [2.75, 3.05) is 13.1 Å². The van der Waals surface area contributed by atoms with Gasteiger partial charge in [0.25, 0.3) is 0 Å². The standard InChI is InChI=1S/C16H20ClNO2/c17-13-6-4-12(5-7-13)16(8-2-9-16)15(20)18-10-1-3-14(19)11-18/h4-7,14,19H,1-3,8-11H2. The predicted molar refractivity (Wildman–Crippen MR) is 78.8 cm³/mol. The number of hydrogen-bond donors (Lipinski definition) is 1. The van der Waals surface area contributed by atoms with Gasteiger partial charge in [0.15, 0.2) is 0 Å². The summed E-state index contributed by atoms with van der Waals surface area (Å²) in [7, 11) is 0. The van der Waals surface area contributed by atoms with Gasteiger partial charge in [0.2, 0.25) is 5.91 Å². The number of likely N-dealkylation sites (tertiary alicyclic amines) is 1. The molecule has 1 unspecified atom stereocenters. The summed E-state index contributed by atoms with van der Waals surface area (Å²) in [6.45, 7) is 1.25. The van der Waals surface area contributed by atoms with Crippen molar-refractivity contribution in [2.24, 2.45) is 0 Å². The van der Waals surface area contributed by atoms with Crippen molar-refractivity contribution in [3.05, 3.63) is 34.9 Å². The van der Waals surface area contributed by atoms with E-state index in [-0.39, 0.29) is 17.4 Å². The van der Waals surface area contributed by atoms with Crippen molar-refractivity contribution in [1.82, 2.24) is 4.90 Å². The number of carbonyl (C=O) groups is 1. The van der Waals surface area contributed by atoms with Crippen LogP contribution in [0.2, 0.25) is 5.02 Å². The monoisotopic (exact) mass is 293 g/mol. The van der Waals surface area contributed by atoms with E-state index in [1.807, 2.05) is 29.2 Å². The van der Waals surface area contributed by atoms with Crippen molar-refractivity contribution < 1.29 is 9.90 Å². The number of nitrogens with zero attached hydrogens (tertiary/aromatic N) is 1. The van der Waals surface area contributed by atoms with E-state index in [0.29, 0.717) is 11.6 Å². The summed E-state index contributed by atoms with van der Waals surface area (Å²) in [4.78, 5) is 14.8. The fraction of sp³-hybridized carbons (Fsp3) is 0.562. The van der Waals surface area contributed by atoms with Gasteiger partial charge in [-0.15, -0.1) is 0 Å². The van der Waals surface area contributed by atoms with Crippen LogP contribution in [-0.2, 0) is 10.2 Å². The van der Waals surface area contributed by atoms with Crippen molar-refractivity contribution in [1.29, 1.82) is 0 Å². The van der Waals surface area contributed by atoms with Gasteiger partial charge in [-0.05, 0) is 43.4 Å². The Hall–Kier alpha value is -1.06. The summed E-state index contributed by atoms with van der Waals surface area (Å²) in [5.41, 5.74) is 0.694. The first-order valence-electron chi connectivity index (χ1n) is 7.35. The molecule has 0 bridgehead atoms. The molecule has 1 aromatic carbocycles. The van der Waals surface area contributed by atoms with E-state index in [2.05, 4.69) is 0 Å². The summed E-state index contributed by atoms with van der Waals surface area (Å²) in [6.07, 6.45) is 4.22. The minimum absolute atomic E-state index is 0.185. The molecule has 0 spiro atoms. The summed E-state index contributed by atoms with van der Waals surface area (Å²) in [5, 5.41) is 10.5. The highest BCUT2D eigenvalue weighted by Gasteiger charge is 2.48. The second kappa shape index (κ2) is 5.38. The molecule has 1 atom stereocenters. The number of benzene rings is 1. The molecule has 0 aromatic heterocycles. The number of carbonyl (C=O) groups excluding carboxylic acids is 1. The van der Waals surface area contributed by atoms with Gasteiger partial charge in [0, 0.05) is 18.1 Å². The van der Waals surface area contributed by atoms with Gasteiger partial charge in [0.05, 0.1) is 11.5 Å². The number of hydrogen-bond acceptors (Lipinski definition) is 2. The van der Waals surface area contributed by atoms with Crippen molar-refractivity contribution in [3.63, 3.8) is 0 Å². The number of halogens is 1. The Morgan fingerprint density at radius 3 is 2.50 bits per heavy atom. The molecule has 1 aliphatic carbocycles. The third-order valence-corrected chi connectivity index (χ3v) is 4.95. The first kappa shape index (κ1) is 13.9. The summed E-state index contributed by atoms with van der Waals surface area (Å²) in [5.74, 6) is 0.185. The summed E-state index contributed by atoms with van der Waals surface area (Å²) >= 11 is 5.94. The van der Waals surface area contributed by atoms with Crippen LogP contribution in [0.5, 0.6) is 0 Å². The van der Waals surface area contributed by atoms with Gasteiger partial charge in [-0.3, -0.25) is 4.79 Å². The zero-order chi connectivity index (χ0) is 14.2. The van der Waals surface area contributed by atoms with Gasteiger partial charge >= 0.3 is 0 Å². The lowest BCUT2D eigenvalue weighted by Crippen LogP contribution is -2.54. The molecule has 1 aromatic rings. The van der Waals surface area contributed by atoms with Crippen LogP contribution < -0.4 is 0 Å². The van der Waals surface area contributed by atoms with E-state index in [0.717, 1.165) is 44.2 Å². The lowest BCUT2D eigenvalue weighted by Gasteiger charge is -2.45. The molecule has 3 nitrogen and oxygen atoms in total. The Kier molecular flexibility index (Phi) is 3.74. The smallest absolute Gasteiger partial charge is 0.233 e. The molecule has 108 valence electrons. The van der Waals surface area contributed by atoms with Crippen LogP contribution in [0.4, 0.5) is 0 Å². The van der Waals surface area contributed by atoms with E-state index in [1.165, 1.54) is 0 Å². The third kappa shape index (κ3) is 2.33. The molecule has 20 heavy (non-hydrogen) atoms. The van der Waals surface area contributed by atoms with E-state index in [1.54, 1.807) is 0 Å². The second-order valence-corrected chi connectivity index (χ2v) is 6.43. The van der Waals surface area contributed by atoms with E-state index < -0.39 is 0 Å². The average molecular weight is 294 g/mol. The van der Waals surface area contributed by atoms with Crippen molar-refractivity contribution in [2.45, 2.75) is 43.6 Å². The van der Waals surface area contributed by atoms with Crippen LogP contribution in [0.1, 0.15) is 37.7 Å². The van der Waals surface area contributed by atoms with Gasteiger partial charge in [0.1, 0.15) is 0 Å². The molecule has 3 rings (SSSR count). The maximum atomic E-state index is 12.9. The molecule has 1 amide bonds. The zero-order valence-corrected chi connectivity index (χ0v) is 12.3. The summed E-state index contributed by atoms with van der Waals surface area (Å²) < 4.78 is 0. The van der Waals surface area contributed by atoms with E-state index >= 15 is 0 Å². The first-order valence-corrected chi connectivity index (χ1v) is 7.73. The first-order chi connectivity index (χ1) is 9.62. The lowest BCUT2D eigenvalue weighted by atomic mass is 9.63. The van der Waals surface area contributed by atoms with Gasteiger partial charge < -0.3 is 10.0 Å². The molecular formula is C16H20ClNO2. The number of β-amino-alcohol motifs (C(OH)–C–C–N with tert-alkyl or cyclic N) is 1. The molecular weight excluding hydrogens is 274 g/mol. The van der Waals surface area contributed by atoms with Crippen LogP contribution in [0, 0.1) is 0 Å². The van der Waals surface area contributed by atoms with Crippen LogP contribution >= 0.6 is 11.6 Å². The van der Waals surface area contributed by atoms with E-state index in [9.17, 15) is 9.90 Å². The molecule has 1 saturated heterocycles. The van der Waals surface area contributed by atoms with E-state index in [4.69, 9.17) is 11.6 Å². The van der Waals surface area contributed by atoms with Gasteiger partial charge in [-0.25, -0.2) is 0 Å². The largest absolute Gasteiger partial charge is 0.391 e. The molecule has 1 saturated carbocycles. The minimum atomic E-state index is -0.373. The normalized spacial score (nSPS) is 25.1. The van der Waals surface area contributed by atoms with Gasteiger partial charge in [-0.2, -0.15) is 0 Å². The Balaban J connectivity index is 1.84. The molecule has 1 aliphatic heterocycles. The van der Waals surface area contributed by atoms with Gasteiger partial charge in [-0.1, -0.05) is 30.2 Å². The average Bonchev–Trinajstić information content (AvgIpc) is 2.39. The number of rotatable bonds is 2. The zero-order valence-electron chi connectivity index (χ0n) is 11.5. The molecule has 1 N–H and O–H groups in total. The molecule has 2 fully saturated rings. The Morgan fingerprint density at radius 2 is 1.95 bits per heavy atom. The number of aliphatic hydroxyl groups is 1. The lowest BCUT2D eigenvalue weighted by molar-refractivity contribution is -0.144. The fourth-order valence-corrected chi connectivity index (χ4v) is 3.49. The quantitative estimate of drug-likeness (QED) is 0.911. The Morgan fingerprint density at radius 1 is 1.25 bits per heavy atom. The fourth-order valence-electron chi connectivity index (χ4n) is 3.37. The predicted octanol–water partition coefficient (Wildman–Crippen LogP) is 2.75. The van der Waals surface area contributed by atoms with Crippen LogP contribution in [0.3, 0.4) is 0 Å². The van der Waals surface area contributed by atoms with Crippen LogP contribution in [-0.4, -0.2) is 35.1 Å². The van der Waals surface area contributed by atoms with Crippen molar-refractivity contribution >= 4 is 17.5 Å². The summed E-state index contributed by atoms with van der Waals surface area (Å²) in [6, 6.07) is 7.66. The minimum Gasteiger partial charge on any atom is -0.391 e. The maximum absolute atomic E-state index is 12.9. The third-order valence-electron chi connectivity index (χ3n) is 4.70. The highest BCUT2D eigenvalue weighted by atomic mass is 35.5. The Labute approximate surface area is 124 Å².